The Hall–Kier alpha value is -4.99. The Labute approximate surface area is 474 Å². The summed E-state index contributed by atoms with van der Waals surface area (Å²) in [7, 11) is 0. The smallest absolute Gasteiger partial charge is 0.408 e. The average Bonchev–Trinajstić information content (AvgIpc) is 3.43. The van der Waals surface area contributed by atoms with E-state index in [-0.39, 0.29) is 136 Å². The van der Waals surface area contributed by atoms with Crippen LogP contribution in [0.1, 0.15) is 40.0 Å². The van der Waals surface area contributed by atoms with E-state index in [0.717, 1.165) is 0 Å². The molecule has 0 aliphatic rings. The highest BCUT2D eigenvalue weighted by molar-refractivity contribution is 5.76. The Morgan fingerprint density at radius 3 is 0.815 bits per heavy atom. The molecule has 0 fully saturated rings. The number of nitrogens with one attached hydrogen (secondary N) is 4. The first kappa shape index (κ1) is 76.0. The molecule has 0 atom stereocenters. The van der Waals surface area contributed by atoms with E-state index in [1.165, 1.54) is 0 Å². The van der Waals surface area contributed by atoms with Gasteiger partial charge in [-0.1, -0.05) is 15.3 Å². The number of carbonyl (C=O) groups is 4. The summed E-state index contributed by atoms with van der Waals surface area (Å²) in [5, 5.41) is 21.2. The second-order valence-corrected chi connectivity index (χ2v) is 17.6. The third-order valence-corrected chi connectivity index (χ3v) is 9.57. The SMILES string of the molecule is CC(C)(C)OC(=O)NC(COCCC(=O)NCCOCCOCCOCCOCCN=[N+]=[N-])(COCCC(=O)NCCOCCOCCOCCOCCN=[N+]=[N-])COCCC(=O)NCCOCCOCCOCCOCCN=[N+]=[N-]. The topological polar surface area (TPSA) is 410 Å². The molecule has 33 heteroatoms. The van der Waals surface area contributed by atoms with Crippen LogP contribution in [0, 0.1) is 0 Å². The summed E-state index contributed by atoms with van der Waals surface area (Å²) >= 11 is 0. The van der Waals surface area contributed by atoms with Gasteiger partial charge in [-0.25, -0.2) is 4.79 Å². The molecule has 0 aromatic carbocycles. The molecule has 468 valence electrons. The maximum absolute atomic E-state index is 13.3. The standard InChI is InChI=1S/C48H91N13O20/c1-47(2,3)81-46(65)58-48(40-78-13-4-43(62)52-7-16-66-22-28-72-34-37-75-31-25-69-19-10-55-59-49,41-79-14-5-44(63)53-8-17-67-23-29-73-35-38-76-32-26-70-20-11-56-60-50)42-80-15-6-45(64)54-9-18-68-24-30-74-36-39-77-33-27-71-21-12-57-61-51/h4-42H2,1-3H3,(H,52,62)(H,53,63)(H,54,64)(H,58,65). The summed E-state index contributed by atoms with van der Waals surface area (Å²) in [4.78, 5) is 59.2. The lowest BCUT2D eigenvalue weighted by molar-refractivity contribution is -0.123. The van der Waals surface area contributed by atoms with Crippen LogP contribution in [0.3, 0.4) is 0 Å². The first-order valence-corrected chi connectivity index (χ1v) is 27.0. The molecule has 0 aromatic rings. The van der Waals surface area contributed by atoms with Crippen molar-refractivity contribution in [2.24, 2.45) is 15.3 Å². The lowest BCUT2D eigenvalue weighted by atomic mass is 10.0. The Balaban J connectivity index is 4.99. The van der Waals surface area contributed by atoms with Crippen molar-refractivity contribution in [3.63, 3.8) is 0 Å². The van der Waals surface area contributed by atoms with Gasteiger partial charge in [-0.15, -0.1) is 0 Å². The largest absolute Gasteiger partial charge is 0.444 e. The van der Waals surface area contributed by atoms with Crippen molar-refractivity contribution in [3.05, 3.63) is 31.3 Å². The third kappa shape index (κ3) is 58.0. The van der Waals surface area contributed by atoms with Gasteiger partial charge in [0.1, 0.15) is 11.1 Å². The lowest BCUT2D eigenvalue weighted by Gasteiger charge is -2.35. The first-order valence-electron chi connectivity index (χ1n) is 27.0. The van der Waals surface area contributed by atoms with Crippen molar-refractivity contribution >= 4 is 23.8 Å². The number of hydrogen-bond acceptors (Lipinski definition) is 23. The molecule has 0 rings (SSSR count). The molecule has 4 amide bonds. The van der Waals surface area contributed by atoms with Crippen LogP contribution in [0.2, 0.25) is 0 Å². The molecular formula is C48H91N13O20. The van der Waals surface area contributed by atoms with E-state index in [1.807, 2.05) is 0 Å². The fourth-order valence-electron chi connectivity index (χ4n) is 5.84. The molecule has 0 spiro atoms. The maximum atomic E-state index is 13.3. The van der Waals surface area contributed by atoms with Crippen molar-refractivity contribution in [2.45, 2.75) is 51.2 Å². The zero-order valence-electron chi connectivity index (χ0n) is 47.8. The van der Waals surface area contributed by atoms with Gasteiger partial charge in [-0.3, -0.25) is 14.4 Å². The van der Waals surface area contributed by atoms with Gasteiger partial charge in [0.05, 0.1) is 198 Å². The minimum Gasteiger partial charge on any atom is -0.444 e. The predicted molar refractivity (Wildman–Crippen MR) is 289 cm³/mol. The summed E-state index contributed by atoms with van der Waals surface area (Å²) in [5.74, 6) is -0.906. The van der Waals surface area contributed by atoms with Gasteiger partial charge in [-0.05, 0) is 37.4 Å². The minimum atomic E-state index is -1.40. The molecule has 0 heterocycles. The molecule has 0 bridgehead atoms. The van der Waals surface area contributed by atoms with Gasteiger partial charge in [0.15, 0.2) is 0 Å². The number of ether oxygens (including phenoxy) is 16. The molecule has 4 N–H and O–H groups in total. The zero-order chi connectivity index (χ0) is 59.3. The van der Waals surface area contributed by atoms with Crippen LogP contribution >= 0.6 is 0 Å². The molecule has 0 aliphatic carbocycles. The molecule has 0 unspecified atom stereocenters. The van der Waals surface area contributed by atoms with Crippen molar-refractivity contribution in [2.75, 3.05) is 237 Å². The fraction of sp³-hybridized carbons (Fsp3) is 0.917. The number of amides is 4. The van der Waals surface area contributed by atoms with Crippen LogP contribution in [-0.2, 0) is 90.2 Å². The summed E-state index contributed by atoms with van der Waals surface area (Å²) in [6, 6.07) is 0. The predicted octanol–water partition coefficient (Wildman–Crippen LogP) is 1.95. The normalized spacial score (nSPS) is 11.9. The van der Waals surface area contributed by atoms with E-state index >= 15 is 0 Å². The second-order valence-electron chi connectivity index (χ2n) is 17.6. The van der Waals surface area contributed by atoms with E-state index in [0.29, 0.717) is 139 Å². The highest BCUT2D eigenvalue weighted by atomic mass is 16.6. The van der Waals surface area contributed by atoms with Crippen molar-refractivity contribution in [1.82, 2.24) is 21.3 Å². The van der Waals surface area contributed by atoms with E-state index in [2.05, 4.69) is 51.3 Å². The third-order valence-electron chi connectivity index (χ3n) is 9.57. The highest BCUT2D eigenvalue weighted by Crippen LogP contribution is 2.14. The number of nitrogens with zero attached hydrogens (tertiary/aromatic N) is 9. The summed E-state index contributed by atoms with van der Waals surface area (Å²) < 4.78 is 88.4. The zero-order valence-corrected chi connectivity index (χ0v) is 47.8. The lowest BCUT2D eigenvalue weighted by Crippen LogP contribution is -2.59. The summed E-state index contributed by atoms with van der Waals surface area (Å²) in [5.41, 5.74) is 22.5. The second kappa shape index (κ2) is 58.2. The molecule has 0 radical (unpaired) electrons. The molecule has 0 saturated carbocycles. The van der Waals surface area contributed by atoms with Crippen LogP contribution in [0.25, 0.3) is 31.3 Å². The van der Waals surface area contributed by atoms with Crippen LogP contribution in [0.4, 0.5) is 4.79 Å². The van der Waals surface area contributed by atoms with Crippen molar-refractivity contribution in [1.29, 1.82) is 0 Å². The number of alkyl carbamates (subject to hydrolysis) is 1. The first-order chi connectivity index (χ1) is 39.5. The van der Waals surface area contributed by atoms with E-state index in [9.17, 15) is 19.2 Å². The average molecular weight is 1170 g/mol. The van der Waals surface area contributed by atoms with E-state index < -0.39 is 17.2 Å². The van der Waals surface area contributed by atoms with Crippen molar-refractivity contribution in [3.8, 4) is 0 Å². The molecule has 0 aliphatic heterocycles. The van der Waals surface area contributed by atoms with Crippen molar-refractivity contribution < 1.29 is 95.0 Å². The Bertz CT molecular complexity index is 1530. The maximum Gasteiger partial charge on any atom is 0.408 e. The van der Waals surface area contributed by atoms with E-state index in [1.54, 1.807) is 20.8 Å². The van der Waals surface area contributed by atoms with Crippen LogP contribution in [0.5, 0.6) is 0 Å². The van der Waals surface area contributed by atoms with Gasteiger partial charge in [0, 0.05) is 73.3 Å². The van der Waals surface area contributed by atoms with E-state index in [4.69, 9.17) is 92.4 Å². The molecule has 0 saturated heterocycles. The van der Waals surface area contributed by atoms with Gasteiger partial charge < -0.3 is 97.1 Å². The minimum absolute atomic E-state index is 0.0237. The molecule has 81 heavy (non-hydrogen) atoms. The monoisotopic (exact) mass is 1170 g/mol. The highest BCUT2D eigenvalue weighted by Gasteiger charge is 2.36. The quantitative estimate of drug-likeness (QED) is 0.0292. The number of hydrogen-bond donors (Lipinski definition) is 4. The number of azide groups is 3. The van der Waals surface area contributed by atoms with Gasteiger partial charge >= 0.3 is 6.09 Å². The van der Waals surface area contributed by atoms with Gasteiger partial charge in [0.25, 0.3) is 0 Å². The van der Waals surface area contributed by atoms with Gasteiger partial charge in [0.2, 0.25) is 17.7 Å². The van der Waals surface area contributed by atoms with Crippen LogP contribution in [-0.4, -0.2) is 272 Å². The van der Waals surface area contributed by atoms with Crippen LogP contribution < -0.4 is 21.3 Å². The number of rotatable bonds is 61. The summed E-state index contributed by atoms with van der Waals surface area (Å²) in [6.45, 7) is 14.1. The van der Waals surface area contributed by atoms with Crippen LogP contribution in [0.15, 0.2) is 15.3 Å². The Kier molecular flexibility index (Phi) is 54.6. The molecule has 0 aromatic heterocycles. The molecule has 33 nitrogen and oxygen atoms in total. The Morgan fingerprint density at radius 1 is 0.346 bits per heavy atom. The number of carbonyl (C=O) groups excluding carboxylic acids is 4. The summed E-state index contributed by atoms with van der Waals surface area (Å²) in [6.07, 6.45) is -0.869. The fourth-order valence-corrected chi connectivity index (χ4v) is 5.84. The Morgan fingerprint density at radius 2 is 0.580 bits per heavy atom. The molecular weight excluding hydrogens is 1080 g/mol. The van der Waals surface area contributed by atoms with Gasteiger partial charge in [-0.2, -0.15) is 0 Å².